The maximum absolute atomic E-state index is 5.88. The molecule has 20 heavy (non-hydrogen) atoms. The van der Waals surface area contributed by atoms with Gasteiger partial charge in [0.15, 0.2) is 0 Å². The Morgan fingerprint density at radius 1 is 1.10 bits per heavy atom. The fourth-order valence-corrected chi connectivity index (χ4v) is 1.87. The topological polar surface area (TPSA) is 49.8 Å². The lowest BCUT2D eigenvalue weighted by Crippen LogP contribution is -2.07. The summed E-state index contributed by atoms with van der Waals surface area (Å²) in [4.78, 5) is 9.03. The number of hydrogen-bond acceptors (Lipinski definition) is 4. The summed E-state index contributed by atoms with van der Waals surface area (Å²) in [6, 6.07) is 9.45. The highest BCUT2D eigenvalue weighted by atomic mass is 35.5. The van der Waals surface area contributed by atoms with Crippen LogP contribution < -0.4 is 10.6 Å². The number of benzene rings is 1. The minimum Gasteiger partial charge on any atom is -0.370 e. The second kappa shape index (κ2) is 6.57. The predicted octanol–water partition coefficient (Wildman–Crippen LogP) is 4.43. The first kappa shape index (κ1) is 14.6. The molecule has 0 unspecified atom stereocenters. The highest BCUT2D eigenvalue weighted by molar-refractivity contribution is 6.30. The van der Waals surface area contributed by atoms with E-state index < -0.39 is 0 Å². The van der Waals surface area contributed by atoms with E-state index in [2.05, 4.69) is 34.4 Å². The van der Waals surface area contributed by atoms with Gasteiger partial charge in [0.2, 0.25) is 0 Å². The largest absolute Gasteiger partial charge is 0.370 e. The van der Waals surface area contributed by atoms with Gasteiger partial charge in [0.25, 0.3) is 0 Å². The third kappa shape index (κ3) is 3.84. The van der Waals surface area contributed by atoms with Crippen LogP contribution in [-0.4, -0.2) is 16.5 Å². The third-order valence-corrected chi connectivity index (χ3v) is 2.99. The maximum Gasteiger partial charge on any atom is 0.136 e. The van der Waals surface area contributed by atoms with Gasteiger partial charge in [-0.3, -0.25) is 0 Å². The molecule has 0 atom stereocenters. The average Bonchev–Trinajstić information content (AvgIpc) is 2.41. The van der Waals surface area contributed by atoms with Crippen LogP contribution in [0.5, 0.6) is 0 Å². The monoisotopic (exact) mass is 290 g/mol. The first-order valence-electron chi connectivity index (χ1n) is 6.74. The fourth-order valence-electron chi connectivity index (χ4n) is 1.74. The van der Waals surface area contributed by atoms with Crippen LogP contribution in [0.25, 0.3) is 0 Å². The zero-order valence-corrected chi connectivity index (χ0v) is 12.7. The molecule has 2 rings (SSSR count). The first-order chi connectivity index (χ1) is 9.58. The van der Waals surface area contributed by atoms with Crippen molar-refractivity contribution in [3.63, 3.8) is 0 Å². The Labute approximate surface area is 124 Å². The lowest BCUT2D eigenvalue weighted by Gasteiger charge is -2.12. The van der Waals surface area contributed by atoms with Crippen LogP contribution in [0.15, 0.2) is 30.3 Å². The van der Waals surface area contributed by atoms with Gasteiger partial charge in [0.1, 0.15) is 17.5 Å². The van der Waals surface area contributed by atoms with E-state index in [0.29, 0.717) is 0 Å². The molecule has 0 fully saturated rings. The summed E-state index contributed by atoms with van der Waals surface area (Å²) in [5, 5.41) is 7.22. The Balaban J connectivity index is 2.27. The molecular formula is C15H19ClN4. The van der Waals surface area contributed by atoms with Gasteiger partial charge >= 0.3 is 0 Å². The van der Waals surface area contributed by atoms with Gasteiger partial charge in [0, 0.05) is 29.2 Å². The van der Waals surface area contributed by atoms with Crippen molar-refractivity contribution in [2.45, 2.75) is 26.7 Å². The second-order valence-corrected chi connectivity index (χ2v) is 5.25. The van der Waals surface area contributed by atoms with Crippen LogP contribution in [0.3, 0.4) is 0 Å². The number of nitrogens with zero attached hydrogens (tertiary/aromatic N) is 2. The Hall–Kier alpha value is -1.81. The number of rotatable bonds is 5. The molecule has 1 aromatic carbocycles. The van der Waals surface area contributed by atoms with E-state index in [0.717, 1.165) is 34.7 Å². The van der Waals surface area contributed by atoms with Crippen molar-refractivity contribution in [3.05, 3.63) is 41.2 Å². The van der Waals surface area contributed by atoms with Crippen molar-refractivity contribution in [3.8, 4) is 0 Å². The maximum atomic E-state index is 5.88. The summed E-state index contributed by atoms with van der Waals surface area (Å²) >= 11 is 5.88. The summed E-state index contributed by atoms with van der Waals surface area (Å²) in [5.41, 5.74) is 0.949. The molecule has 0 bridgehead atoms. The summed E-state index contributed by atoms with van der Waals surface area (Å²) in [6.45, 7) is 7.03. The summed E-state index contributed by atoms with van der Waals surface area (Å²) in [6.07, 6.45) is 0. The van der Waals surface area contributed by atoms with Gasteiger partial charge in [-0.1, -0.05) is 25.4 Å². The lowest BCUT2D eigenvalue weighted by atomic mass is 10.2. The number of halogens is 1. The molecule has 5 heteroatoms. The average molecular weight is 291 g/mol. The van der Waals surface area contributed by atoms with Crippen LogP contribution in [0.1, 0.15) is 32.5 Å². The molecule has 0 aliphatic rings. The molecule has 2 aromatic rings. The number of nitrogens with one attached hydrogen (secondary N) is 2. The van der Waals surface area contributed by atoms with E-state index >= 15 is 0 Å². The molecule has 1 heterocycles. The van der Waals surface area contributed by atoms with E-state index in [1.54, 1.807) is 0 Å². The molecule has 1 aromatic heterocycles. The fraction of sp³-hybridized carbons (Fsp3) is 0.333. The van der Waals surface area contributed by atoms with Gasteiger partial charge in [-0.25, -0.2) is 9.97 Å². The van der Waals surface area contributed by atoms with Gasteiger partial charge in [0.05, 0.1) is 0 Å². The van der Waals surface area contributed by atoms with E-state index in [-0.39, 0.29) is 5.92 Å². The van der Waals surface area contributed by atoms with Crippen molar-refractivity contribution in [1.82, 2.24) is 9.97 Å². The quantitative estimate of drug-likeness (QED) is 0.855. The Morgan fingerprint density at radius 2 is 1.75 bits per heavy atom. The number of hydrogen-bond donors (Lipinski definition) is 2. The molecule has 0 saturated heterocycles. The van der Waals surface area contributed by atoms with Crippen LogP contribution in [0, 0.1) is 0 Å². The zero-order chi connectivity index (χ0) is 14.5. The molecule has 0 radical (unpaired) electrons. The van der Waals surface area contributed by atoms with Gasteiger partial charge < -0.3 is 10.6 Å². The first-order valence-corrected chi connectivity index (χ1v) is 7.11. The van der Waals surface area contributed by atoms with Crippen LogP contribution in [0.4, 0.5) is 17.3 Å². The Morgan fingerprint density at radius 3 is 2.35 bits per heavy atom. The van der Waals surface area contributed by atoms with E-state index in [1.807, 2.05) is 37.3 Å². The van der Waals surface area contributed by atoms with Crippen molar-refractivity contribution < 1.29 is 0 Å². The number of anilines is 3. The van der Waals surface area contributed by atoms with Gasteiger partial charge in [-0.2, -0.15) is 0 Å². The third-order valence-electron chi connectivity index (χ3n) is 2.73. The Kier molecular flexibility index (Phi) is 4.79. The molecule has 0 aliphatic heterocycles. The lowest BCUT2D eigenvalue weighted by molar-refractivity contribution is 0.777. The summed E-state index contributed by atoms with van der Waals surface area (Å²) < 4.78 is 0. The molecule has 0 saturated carbocycles. The van der Waals surface area contributed by atoms with Crippen molar-refractivity contribution in [2.75, 3.05) is 17.2 Å². The van der Waals surface area contributed by atoms with E-state index in [1.165, 1.54) is 0 Å². The van der Waals surface area contributed by atoms with Crippen molar-refractivity contribution >= 4 is 28.9 Å². The summed E-state index contributed by atoms with van der Waals surface area (Å²) in [7, 11) is 0. The van der Waals surface area contributed by atoms with Crippen molar-refractivity contribution in [1.29, 1.82) is 0 Å². The molecule has 2 N–H and O–H groups in total. The molecule has 0 aliphatic carbocycles. The van der Waals surface area contributed by atoms with E-state index in [9.17, 15) is 0 Å². The predicted molar refractivity (Wildman–Crippen MR) is 85.0 cm³/mol. The zero-order valence-electron chi connectivity index (χ0n) is 11.9. The molecule has 0 amide bonds. The van der Waals surface area contributed by atoms with Gasteiger partial charge in [-0.05, 0) is 31.2 Å². The molecule has 4 nitrogen and oxygen atoms in total. The highest BCUT2D eigenvalue weighted by Gasteiger charge is 2.08. The van der Waals surface area contributed by atoms with Gasteiger partial charge in [-0.15, -0.1) is 0 Å². The van der Waals surface area contributed by atoms with Crippen LogP contribution in [-0.2, 0) is 0 Å². The normalized spacial score (nSPS) is 10.7. The standard InChI is InChI=1S/C15H19ClN4/c1-4-17-13-9-14(20-15(19-13)10(2)3)18-12-7-5-11(16)6-8-12/h5-10H,4H2,1-3H3,(H2,17,18,19,20). The van der Waals surface area contributed by atoms with Crippen LogP contribution >= 0.6 is 11.6 Å². The molecule has 106 valence electrons. The minimum absolute atomic E-state index is 0.277. The minimum atomic E-state index is 0.277. The highest BCUT2D eigenvalue weighted by Crippen LogP contribution is 2.21. The van der Waals surface area contributed by atoms with E-state index in [4.69, 9.17) is 11.6 Å². The molecule has 0 spiro atoms. The Bertz CT molecular complexity index is 567. The second-order valence-electron chi connectivity index (χ2n) is 4.81. The SMILES string of the molecule is CCNc1cc(Nc2ccc(Cl)cc2)nc(C(C)C)n1. The van der Waals surface area contributed by atoms with Crippen LogP contribution in [0.2, 0.25) is 5.02 Å². The smallest absolute Gasteiger partial charge is 0.136 e. The van der Waals surface area contributed by atoms with Crippen molar-refractivity contribution in [2.24, 2.45) is 0 Å². The summed E-state index contributed by atoms with van der Waals surface area (Å²) in [5.74, 6) is 2.71. The number of aromatic nitrogens is 2. The molecular weight excluding hydrogens is 272 g/mol.